The van der Waals surface area contributed by atoms with Crippen molar-refractivity contribution in [3.05, 3.63) is 35.0 Å². The minimum Gasteiger partial charge on any atom is -0.545 e. The van der Waals surface area contributed by atoms with Gasteiger partial charge in [0.2, 0.25) is 9.04 Å². The van der Waals surface area contributed by atoms with Gasteiger partial charge in [-0.2, -0.15) is 0 Å². The number of hydrogen-bond acceptors (Lipinski definition) is 3. The molecular formula is C15H18ClNO3Si. The second kappa shape index (κ2) is 5.65. The average Bonchev–Trinajstić information content (AvgIpc) is 2.37. The fourth-order valence-corrected chi connectivity index (χ4v) is 2.91. The molecule has 2 rings (SSSR count). The smallest absolute Gasteiger partial charge is 0.338 e. The number of carbonyl (C=O) groups is 1. The number of nitrogens with zero attached hydrogens (tertiary/aromatic N) is 1. The SMILES string of the molecule is C[SiH](Oc1cccc2cc(C(=O)O)c(Cl)nc12)C(C)(C)C. The zero-order chi connectivity index (χ0) is 15.8. The molecule has 0 saturated heterocycles. The molecular weight excluding hydrogens is 306 g/mol. The lowest BCUT2D eigenvalue weighted by Crippen LogP contribution is -2.29. The Morgan fingerprint density at radius 3 is 2.62 bits per heavy atom. The number of pyridine rings is 1. The van der Waals surface area contributed by atoms with Crippen LogP contribution in [-0.4, -0.2) is 25.1 Å². The molecule has 0 saturated carbocycles. The highest BCUT2D eigenvalue weighted by atomic mass is 35.5. The van der Waals surface area contributed by atoms with Gasteiger partial charge in [0, 0.05) is 5.39 Å². The summed E-state index contributed by atoms with van der Waals surface area (Å²) in [7, 11) is -1.47. The van der Waals surface area contributed by atoms with Gasteiger partial charge < -0.3 is 9.53 Å². The van der Waals surface area contributed by atoms with Crippen LogP contribution >= 0.6 is 11.6 Å². The number of rotatable bonds is 3. The van der Waals surface area contributed by atoms with Crippen LogP contribution in [0.3, 0.4) is 0 Å². The van der Waals surface area contributed by atoms with Crippen molar-refractivity contribution in [3.63, 3.8) is 0 Å². The van der Waals surface area contributed by atoms with Crippen molar-refractivity contribution >= 4 is 37.5 Å². The van der Waals surface area contributed by atoms with E-state index in [1.165, 1.54) is 6.07 Å². The molecule has 0 fully saturated rings. The first kappa shape index (κ1) is 15.8. The molecule has 4 nitrogen and oxygen atoms in total. The second-order valence-corrected chi connectivity index (χ2v) is 9.70. The quantitative estimate of drug-likeness (QED) is 0.682. The molecule has 112 valence electrons. The van der Waals surface area contributed by atoms with Gasteiger partial charge in [-0.3, -0.25) is 0 Å². The zero-order valence-corrected chi connectivity index (χ0v) is 14.4. The van der Waals surface area contributed by atoms with E-state index in [0.29, 0.717) is 16.7 Å². The monoisotopic (exact) mass is 323 g/mol. The van der Waals surface area contributed by atoms with E-state index in [2.05, 4.69) is 32.3 Å². The van der Waals surface area contributed by atoms with Gasteiger partial charge in [-0.05, 0) is 23.7 Å². The maximum absolute atomic E-state index is 11.1. The van der Waals surface area contributed by atoms with E-state index in [4.69, 9.17) is 21.1 Å². The van der Waals surface area contributed by atoms with Crippen LogP contribution in [0.1, 0.15) is 31.1 Å². The molecule has 1 unspecified atom stereocenters. The van der Waals surface area contributed by atoms with Crippen molar-refractivity contribution in [3.8, 4) is 5.75 Å². The van der Waals surface area contributed by atoms with Crippen LogP contribution in [0.2, 0.25) is 16.7 Å². The van der Waals surface area contributed by atoms with Gasteiger partial charge in [0.1, 0.15) is 16.4 Å². The Balaban J connectivity index is 2.51. The molecule has 0 aliphatic carbocycles. The summed E-state index contributed by atoms with van der Waals surface area (Å²) in [5, 5.41) is 9.91. The third kappa shape index (κ3) is 3.36. The minimum absolute atomic E-state index is 0.00225. The van der Waals surface area contributed by atoms with Crippen molar-refractivity contribution in [2.45, 2.75) is 32.4 Å². The lowest BCUT2D eigenvalue weighted by Gasteiger charge is -2.26. The largest absolute Gasteiger partial charge is 0.545 e. The summed E-state index contributed by atoms with van der Waals surface area (Å²) in [5.74, 6) is -0.418. The number of carboxylic acid groups (broad SMARTS) is 1. The van der Waals surface area contributed by atoms with Crippen LogP contribution in [0.25, 0.3) is 10.9 Å². The Morgan fingerprint density at radius 2 is 2.05 bits per heavy atom. The van der Waals surface area contributed by atoms with Crippen LogP contribution in [0, 0.1) is 0 Å². The Bertz CT molecular complexity index is 697. The molecule has 1 atom stereocenters. The number of hydrogen-bond donors (Lipinski definition) is 1. The van der Waals surface area contributed by atoms with Crippen molar-refractivity contribution in [1.29, 1.82) is 0 Å². The summed E-state index contributed by atoms with van der Waals surface area (Å²) >= 11 is 5.96. The fraction of sp³-hybridized carbons (Fsp3) is 0.333. The molecule has 2 aromatic rings. The first-order valence-electron chi connectivity index (χ1n) is 6.69. The standard InChI is InChI=1S/C15H18ClNO3Si/c1-15(2,3)21(4)20-11-7-5-6-9-8-10(14(18)19)13(16)17-12(9)11/h5-8,21H,1-4H3,(H,18,19). The molecule has 6 heteroatoms. The molecule has 1 aromatic carbocycles. The highest BCUT2D eigenvalue weighted by Gasteiger charge is 2.25. The van der Waals surface area contributed by atoms with Crippen LogP contribution in [-0.2, 0) is 0 Å². The molecule has 1 aromatic heterocycles. The summed E-state index contributed by atoms with van der Waals surface area (Å²) < 4.78 is 6.12. The van der Waals surface area contributed by atoms with Crippen LogP contribution in [0.15, 0.2) is 24.3 Å². The number of fused-ring (bicyclic) bond motifs is 1. The normalized spacial score (nSPS) is 13.2. The predicted octanol–water partition coefficient (Wildman–Crippen LogP) is 4.12. The Labute approximate surface area is 130 Å². The number of carboxylic acids is 1. The first-order chi connectivity index (χ1) is 9.70. The maximum Gasteiger partial charge on any atom is 0.338 e. The van der Waals surface area contributed by atoms with E-state index < -0.39 is 15.0 Å². The zero-order valence-electron chi connectivity index (χ0n) is 12.5. The Kier molecular flexibility index (Phi) is 4.25. The van der Waals surface area contributed by atoms with Crippen LogP contribution < -0.4 is 4.43 Å². The van der Waals surface area contributed by atoms with E-state index in [1.54, 1.807) is 6.07 Å². The summed E-state index contributed by atoms with van der Waals surface area (Å²) in [6.45, 7) is 8.58. The van der Waals surface area contributed by atoms with Gasteiger partial charge in [0.05, 0.1) is 5.56 Å². The van der Waals surface area contributed by atoms with Gasteiger partial charge in [-0.25, -0.2) is 9.78 Å². The third-order valence-electron chi connectivity index (χ3n) is 3.52. The molecule has 1 N–H and O–H groups in total. The molecule has 0 amide bonds. The number of aromatic nitrogens is 1. The van der Waals surface area contributed by atoms with E-state index in [9.17, 15) is 4.79 Å². The number of benzene rings is 1. The summed E-state index contributed by atoms with van der Waals surface area (Å²) in [6.07, 6.45) is 0. The number of aromatic carboxylic acids is 1. The van der Waals surface area contributed by atoms with Crippen LogP contribution in [0.5, 0.6) is 5.75 Å². The number of halogens is 1. The topological polar surface area (TPSA) is 59.4 Å². The molecule has 0 radical (unpaired) electrons. The molecule has 0 aliphatic rings. The predicted molar refractivity (Wildman–Crippen MR) is 87.1 cm³/mol. The summed E-state index contributed by atoms with van der Waals surface area (Å²) in [6, 6.07) is 7.02. The Hall–Kier alpha value is -1.59. The van der Waals surface area contributed by atoms with Gasteiger partial charge in [0.15, 0.2) is 0 Å². The second-order valence-electron chi connectivity index (χ2n) is 6.09. The molecule has 21 heavy (non-hydrogen) atoms. The maximum atomic E-state index is 11.1. The lowest BCUT2D eigenvalue weighted by molar-refractivity contribution is 0.0697. The van der Waals surface area contributed by atoms with Gasteiger partial charge in [-0.15, -0.1) is 0 Å². The first-order valence-corrected chi connectivity index (χ1v) is 9.27. The summed E-state index contributed by atoms with van der Waals surface area (Å²) in [5.41, 5.74) is 0.610. The van der Waals surface area contributed by atoms with E-state index in [1.807, 2.05) is 12.1 Å². The van der Waals surface area contributed by atoms with Crippen molar-refractivity contribution < 1.29 is 14.3 Å². The van der Waals surface area contributed by atoms with Gasteiger partial charge in [0.25, 0.3) is 0 Å². The Morgan fingerprint density at radius 1 is 1.38 bits per heavy atom. The molecule has 0 bridgehead atoms. The lowest BCUT2D eigenvalue weighted by atomic mass is 10.1. The molecule has 1 heterocycles. The third-order valence-corrected chi connectivity index (χ3v) is 6.85. The van der Waals surface area contributed by atoms with Gasteiger partial charge in [-0.1, -0.05) is 44.5 Å². The van der Waals surface area contributed by atoms with Crippen molar-refractivity contribution in [1.82, 2.24) is 4.98 Å². The van der Waals surface area contributed by atoms with Crippen molar-refractivity contribution in [2.24, 2.45) is 0 Å². The number of para-hydroxylation sites is 1. The fourth-order valence-electron chi connectivity index (χ4n) is 1.76. The minimum atomic E-state index is -1.47. The highest BCUT2D eigenvalue weighted by molar-refractivity contribution is 6.54. The highest BCUT2D eigenvalue weighted by Crippen LogP contribution is 2.32. The van der Waals surface area contributed by atoms with E-state index in [-0.39, 0.29) is 15.8 Å². The van der Waals surface area contributed by atoms with E-state index >= 15 is 0 Å². The van der Waals surface area contributed by atoms with Gasteiger partial charge >= 0.3 is 5.97 Å². The molecule has 0 aliphatic heterocycles. The van der Waals surface area contributed by atoms with E-state index in [0.717, 1.165) is 0 Å². The average molecular weight is 324 g/mol. The van der Waals surface area contributed by atoms with Crippen LogP contribution in [0.4, 0.5) is 0 Å². The summed E-state index contributed by atoms with van der Waals surface area (Å²) in [4.78, 5) is 15.3. The van der Waals surface area contributed by atoms with Crippen molar-refractivity contribution in [2.75, 3.05) is 0 Å². The molecule has 0 spiro atoms.